The van der Waals surface area contributed by atoms with E-state index >= 15 is 0 Å². The second-order valence-corrected chi connectivity index (χ2v) is 6.41. The maximum atomic E-state index is 12.1. The van der Waals surface area contributed by atoms with Crippen molar-refractivity contribution in [2.45, 2.75) is 39.5 Å². The van der Waals surface area contributed by atoms with Crippen LogP contribution in [0.1, 0.15) is 39.0 Å². The zero-order valence-corrected chi connectivity index (χ0v) is 18.6. The van der Waals surface area contributed by atoms with Crippen LogP contribution < -0.4 is 10.6 Å². The second-order valence-electron chi connectivity index (χ2n) is 6.07. The molecule has 0 aromatic carbocycles. The summed E-state index contributed by atoms with van der Waals surface area (Å²) in [6.45, 7) is 14.4. The van der Waals surface area contributed by atoms with Crippen molar-refractivity contribution >= 4 is 23.5 Å². The van der Waals surface area contributed by atoms with E-state index in [-0.39, 0.29) is 17.9 Å². The molecule has 0 aliphatic rings. The van der Waals surface area contributed by atoms with Gasteiger partial charge in [-0.2, -0.15) is 0 Å². The van der Waals surface area contributed by atoms with Gasteiger partial charge < -0.3 is 24.8 Å². The van der Waals surface area contributed by atoms with Crippen LogP contribution in [0.5, 0.6) is 0 Å². The molecular formula is C21H31ClN4O4. The fourth-order valence-corrected chi connectivity index (χ4v) is 2.55. The average Bonchev–Trinajstić information content (AvgIpc) is 2.74. The molecule has 0 aliphatic carbocycles. The van der Waals surface area contributed by atoms with Gasteiger partial charge >= 0.3 is 6.09 Å². The molecule has 1 amide bonds. The summed E-state index contributed by atoms with van der Waals surface area (Å²) in [5.74, 6) is 0.485. The summed E-state index contributed by atoms with van der Waals surface area (Å²) in [5.41, 5.74) is 1.38. The van der Waals surface area contributed by atoms with E-state index in [1.807, 2.05) is 20.8 Å². The van der Waals surface area contributed by atoms with Crippen LogP contribution in [0.4, 0.5) is 10.6 Å². The number of nitrogens with one attached hydrogen (secondary N) is 2. The third-order valence-corrected chi connectivity index (χ3v) is 4.15. The number of carbonyl (C=O) groups excluding carboxylic acids is 1. The topological polar surface area (TPSA) is 94.6 Å². The van der Waals surface area contributed by atoms with Crippen molar-refractivity contribution in [1.29, 1.82) is 0 Å². The van der Waals surface area contributed by atoms with Gasteiger partial charge in [-0.05, 0) is 37.4 Å². The highest BCUT2D eigenvalue weighted by molar-refractivity contribution is 6.28. The second kappa shape index (κ2) is 14.5. The number of ether oxygens (including phenoxy) is 3. The molecule has 0 bridgehead atoms. The van der Waals surface area contributed by atoms with E-state index in [9.17, 15) is 4.79 Å². The molecule has 0 saturated heterocycles. The molecule has 2 N–H and O–H groups in total. The number of alkyl carbamates (subject to hydrolysis) is 1. The number of hydrogen-bond acceptors (Lipinski definition) is 7. The Morgan fingerprint density at radius 3 is 2.53 bits per heavy atom. The number of nitrogens with zero attached hydrogens (tertiary/aromatic N) is 2. The van der Waals surface area contributed by atoms with Gasteiger partial charge in [0, 0.05) is 32.0 Å². The van der Waals surface area contributed by atoms with Crippen LogP contribution in [0.2, 0.25) is 5.28 Å². The molecule has 1 heterocycles. The van der Waals surface area contributed by atoms with Crippen LogP contribution in [-0.4, -0.2) is 48.5 Å². The lowest BCUT2D eigenvalue weighted by atomic mass is 10.2. The molecule has 1 unspecified atom stereocenters. The number of hydrogen-bond donors (Lipinski definition) is 2. The van der Waals surface area contributed by atoms with Gasteiger partial charge in [-0.1, -0.05) is 38.3 Å². The average molecular weight is 439 g/mol. The zero-order chi connectivity index (χ0) is 22.4. The zero-order valence-electron chi connectivity index (χ0n) is 17.8. The third-order valence-electron chi connectivity index (χ3n) is 3.97. The van der Waals surface area contributed by atoms with Crippen LogP contribution in [0.25, 0.3) is 0 Å². The number of allylic oxidation sites excluding steroid dienone is 2. The quantitative estimate of drug-likeness (QED) is 0.252. The Balaban J connectivity index is 2.76. The first-order valence-electron chi connectivity index (χ1n) is 9.85. The fraction of sp³-hybridized carbons (Fsp3) is 0.476. The third kappa shape index (κ3) is 8.94. The highest BCUT2D eigenvalue weighted by Crippen LogP contribution is 2.25. The molecule has 9 heteroatoms. The molecule has 0 aliphatic heterocycles. The number of anilines is 1. The van der Waals surface area contributed by atoms with Crippen molar-refractivity contribution in [1.82, 2.24) is 15.3 Å². The monoisotopic (exact) mass is 438 g/mol. The van der Waals surface area contributed by atoms with Crippen molar-refractivity contribution in [2.24, 2.45) is 0 Å². The normalized spacial score (nSPS) is 12.4. The van der Waals surface area contributed by atoms with Crippen molar-refractivity contribution in [3.63, 3.8) is 0 Å². The highest BCUT2D eigenvalue weighted by Gasteiger charge is 2.20. The smallest absolute Gasteiger partial charge is 0.407 e. The maximum absolute atomic E-state index is 12.1. The molecule has 1 aromatic rings. The molecule has 1 aromatic heterocycles. The Hall–Kier alpha value is -2.42. The van der Waals surface area contributed by atoms with Gasteiger partial charge in [-0.3, -0.25) is 0 Å². The molecule has 166 valence electrons. The molecular weight excluding hydrogens is 408 g/mol. The Morgan fingerprint density at radius 1 is 1.27 bits per heavy atom. The first-order valence-corrected chi connectivity index (χ1v) is 10.2. The number of carbonyl (C=O) groups is 1. The molecule has 0 radical (unpaired) electrons. The van der Waals surface area contributed by atoms with E-state index in [4.69, 9.17) is 25.8 Å². The molecule has 1 rings (SSSR count). The van der Waals surface area contributed by atoms with Crippen molar-refractivity contribution in [2.75, 3.05) is 31.7 Å². The number of rotatable bonds is 14. The van der Waals surface area contributed by atoms with Gasteiger partial charge in [0.25, 0.3) is 0 Å². The van der Waals surface area contributed by atoms with Crippen LogP contribution in [0.15, 0.2) is 43.2 Å². The maximum Gasteiger partial charge on any atom is 0.407 e. The van der Waals surface area contributed by atoms with Crippen LogP contribution in [0.3, 0.4) is 0 Å². The Kier molecular flexibility index (Phi) is 12.4. The first kappa shape index (κ1) is 25.6. The minimum Gasteiger partial charge on any atom is -0.445 e. The van der Waals surface area contributed by atoms with E-state index in [1.54, 1.807) is 24.4 Å². The van der Waals surface area contributed by atoms with Gasteiger partial charge in [-0.15, -0.1) is 0 Å². The summed E-state index contributed by atoms with van der Waals surface area (Å²) in [4.78, 5) is 20.4. The van der Waals surface area contributed by atoms with Gasteiger partial charge in [0.15, 0.2) is 6.29 Å². The van der Waals surface area contributed by atoms with E-state index in [0.29, 0.717) is 37.6 Å². The Bertz CT molecular complexity index is 721. The number of halogens is 1. The number of aromatic nitrogens is 2. The SMILES string of the molecule is C=C/C=C(\C=C)COC(=O)NC(CC)CNc1nc(Cl)ncc1C(OCC)OCC. The summed E-state index contributed by atoms with van der Waals surface area (Å²) in [7, 11) is 0. The molecule has 30 heavy (non-hydrogen) atoms. The Labute approximate surface area is 183 Å². The van der Waals surface area contributed by atoms with Gasteiger partial charge in [0.1, 0.15) is 12.4 Å². The molecule has 1 atom stereocenters. The predicted molar refractivity (Wildman–Crippen MR) is 119 cm³/mol. The fourth-order valence-electron chi connectivity index (χ4n) is 2.42. The summed E-state index contributed by atoms with van der Waals surface area (Å²) in [5, 5.41) is 6.12. The van der Waals surface area contributed by atoms with E-state index in [1.165, 1.54) is 0 Å². The lowest BCUT2D eigenvalue weighted by Crippen LogP contribution is -2.40. The predicted octanol–water partition coefficient (Wildman–Crippen LogP) is 4.42. The Morgan fingerprint density at radius 2 is 1.97 bits per heavy atom. The van der Waals surface area contributed by atoms with Crippen molar-refractivity contribution < 1.29 is 19.0 Å². The molecule has 8 nitrogen and oxygen atoms in total. The van der Waals surface area contributed by atoms with E-state index < -0.39 is 12.4 Å². The van der Waals surface area contributed by atoms with E-state index in [2.05, 4.69) is 33.8 Å². The summed E-state index contributed by atoms with van der Waals surface area (Å²) < 4.78 is 16.5. The van der Waals surface area contributed by atoms with Crippen molar-refractivity contribution in [3.8, 4) is 0 Å². The lowest BCUT2D eigenvalue weighted by Gasteiger charge is -2.22. The standard InChI is InChI=1S/C21H31ClN4O4/c1-6-11-15(7-2)14-30-21(27)25-16(8-3)12-23-18-17(13-24-20(22)26-18)19(28-9-4)29-10-5/h6-7,11,13,16,19H,1-2,8-10,12,14H2,3-5H3,(H,25,27)(H,23,24,26)/b15-11+. The minimum absolute atomic E-state index is 0.0966. The van der Waals surface area contributed by atoms with E-state index in [0.717, 1.165) is 5.57 Å². The summed E-state index contributed by atoms with van der Waals surface area (Å²) in [6, 6.07) is -0.202. The molecule has 0 fully saturated rings. The van der Waals surface area contributed by atoms with Gasteiger partial charge in [-0.25, -0.2) is 14.8 Å². The van der Waals surface area contributed by atoms with Crippen LogP contribution >= 0.6 is 11.6 Å². The largest absolute Gasteiger partial charge is 0.445 e. The number of amides is 1. The molecule has 0 saturated carbocycles. The van der Waals surface area contributed by atoms with Gasteiger partial charge in [0.05, 0.1) is 5.56 Å². The molecule has 0 spiro atoms. The van der Waals surface area contributed by atoms with Crippen LogP contribution in [0, 0.1) is 0 Å². The van der Waals surface area contributed by atoms with Crippen molar-refractivity contribution in [3.05, 3.63) is 54.0 Å². The first-order chi connectivity index (χ1) is 14.5. The summed E-state index contributed by atoms with van der Waals surface area (Å²) in [6.07, 6.45) is 6.05. The summed E-state index contributed by atoms with van der Waals surface area (Å²) >= 11 is 5.97. The highest BCUT2D eigenvalue weighted by atomic mass is 35.5. The lowest BCUT2D eigenvalue weighted by molar-refractivity contribution is -0.140. The van der Waals surface area contributed by atoms with Crippen LogP contribution in [-0.2, 0) is 14.2 Å². The minimum atomic E-state index is -0.619. The van der Waals surface area contributed by atoms with Gasteiger partial charge in [0.2, 0.25) is 5.28 Å².